The second kappa shape index (κ2) is 14.9. The predicted octanol–water partition coefficient (Wildman–Crippen LogP) is 4.65. The molecule has 0 bridgehead atoms. The summed E-state index contributed by atoms with van der Waals surface area (Å²) in [5, 5.41) is 15.5. The van der Waals surface area contributed by atoms with Gasteiger partial charge in [-0.1, -0.05) is 24.6 Å². The predicted molar refractivity (Wildman–Crippen MR) is 165 cm³/mol. The molecule has 3 N–H and O–H groups in total. The second-order valence-electron chi connectivity index (χ2n) is 12.4. The van der Waals surface area contributed by atoms with E-state index in [1.165, 1.54) is 23.1 Å². The highest BCUT2D eigenvalue weighted by molar-refractivity contribution is 5.95. The SMILES string of the molecule is CCOc1cc(O[C@@H]2C[C@H]3C(=O)N[C@]4(C(=O)O)C[C@H]4/C=C\CCCC[C@H](NC(=O)OCCC(F)(F)F)CC(=O)N3C2)c2cccc(F)c2n1. The lowest BCUT2D eigenvalue weighted by molar-refractivity contribution is -0.145. The van der Waals surface area contributed by atoms with Gasteiger partial charge in [0.2, 0.25) is 17.7 Å². The Kier molecular flexibility index (Phi) is 10.8. The van der Waals surface area contributed by atoms with Crippen LogP contribution in [0.4, 0.5) is 22.4 Å². The third kappa shape index (κ3) is 8.70. The Morgan fingerprint density at radius 1 is 1.22 bits per heavy atom. The lowest BCUT2D eigenvalue weighted by Gasteiger charge is -2.27. The van der Waals surface area contributed by atoms with Gasteiger partial charge in [0.15, 0.2) is 0 Å². The molecule has 266 valence electrons. The fourth-order valence-electron chi connectivity index (χ4n) is 6.27. The van der Waals surface area contributed by atoms with Crippen LogP contribution in [0.1, 0.15) is 58.3 Å². The van der Waals surface area contributed by atoms with Crippen LogP contribution in [0.5, 0.6) is 11.6 Å². The van der Waals surface area contributed by atoms with E-state index >= 15 is 0 Å². The van der Waals surface area contributed by atoms with Crippen molar-refractivity contribution in [3.8, 4) is 11.6 Å². The van der Waals surface area contributed by atoms with E-state index in [9.17, 15) is 41.8 Å². The Bertz CT molecular complexity index is 1600. The minimum absolute atomic E-state index is 0.00243. The molecular weight excluding hydrogens is 656 g/mol. The minimum atomic E-state index is -4.52. The number of aliphatic carboxylic acids is 1. The minimum Gasteiger partial charge on any atom is -0.488 e. The first-order valence-corrected chi connectivity index (χ1v) is 16.2. The number of ether oxygens (including phenoxy) is 3. The molecule has 3 amide bonds. The number of pyridine rings is 1. The number of rotatable bonds is 8. The van der Waals surface area contributed by atoms with E-state index in [1.807, 2.05) is 6.08 Å². The van der Waals surface area contributed by atoms with Crippen molar-refractivity contribution in [3.63, 3.8) is 0 Å². The van der Waals surface area contributed by atoms with Crippen molar-refractivity contribution < 1.29 is 56.1 Å². The highest BCUT2D eigenvalue weighted by Crippen LogP contribution is 2.45. The van der Waals surface area contributed by atoms with Crippen LogP contribution in [0.2, 0.25) is 0 Å². The fraction of sp³-hybridized carbons (Fsp3) is 0.545. The van der Waals surface area contributed by atoms with Gasteiger partial charge in [0.1, 0.15) is 41.4 Å². The summed E-state index contributed by atoms with van der Waals surface area (Å²) in [6.45, 7) is 0.965. The number of carboxylic acids is 1. The molecule has 0 unspecified atom stereocenters. The van der Waals surface area contributed by atoms with E-state index in [0.29, 0.717) is 24.6 Å². The molecule has 2 aromatic rings. The fourth-order valence-corrected chi connectivity index (χ4v) is 6.27. The summed E-state index contributed by atoms with van der Waals surface area (Å²) in [6, 6.07) is 3.80. The monoisotopic (exact) mass is 694 g/mol. The molecule has 2 aliphatic heterocycles. The zero-order chi connectivity index (χ0) is 35.3. The summed E-state index contributed by atoms with van der Waals surface area (Å²) < 4.78 is 68.9. The van der Waals surface area contributed by atoms with Crippen molar-refractivity contribution in [3.05, 3.63) is 42.2 Å². The van der Waals surface area contributed by atoms with Crippen molar-refractivity contribution in [1.82, 2.24) is 20.5 Å². The highest BCUT2D eigenvalue weighted by atomic mass is 19.4. The van der Waals surface area contributed by atoms with Crippen LogP contribution >= 0.6 is 0 Å². The van der Waals surface area contributed by atoms with E-state index in [1.54, 1.807) is 19.1 Å². The molecule has 3 aliphatic rings. The molecule has 1 saturated carbocycles. The van der Waals surface area contributed by atoms with Gasteiger partial charge in [0.25, 0.3) is 0 Å². The summed E-state index contributed by atoms with van der Waals surface area (Å²) in [6.07, 6.45) is -2.36. The normalized spacial score (nSPS) is 26.8. The zero-order valence-corrected chi connectivity index (χ0v) is 26.8. The number of carbonyl (C=O) groups is 4. The van der Waals surface area contributed by atoms with Crippen LogP contribution in [-0.4, -0.2) is 88.5 Å². The molecule has 1 saturated heterocycles. The maximum absolute atomic E-state index is 14.7. The highest BCUT2D eigenvalue weighted by Gasteiger charge is 2.61. The summed E-state index contributed by atoms with van der Waals surface area (Å²) in [4.78, 5) is 57.8. The van der Waals surface area contributed by atoms with Gasteiger partial charge in [-0.2, -0.15) is 13.2 Å². The number of aromatic nitrogens is 1. The van der Waals surface area contributed by atoms with E-state index in [0.717, 1.165) is 0 Å². The zero-order valence-electron chi connectivity index (χ0n) is 26.8. The van der Waals surface area contributed by atoms with Crippen molar-refractivity contribution in [1.29, 1.82) is 0 Å². The smallest absolute Gasteiger partial charge is 0.407 e. The van der Waals surface area contributed by atoms with Crippen molar-refractivity contribution in [2.75, 3.05) is 19.8 Å². The van der Waals surface area contributed by atoms with Crippen molar-refractivity contribution in [2.24, 2.45) is 5.92 Å². The molecule has 1 aromatic heterocycles. The first-order chi connectivity index (χ1) is 23.3. The number of hydrogen-bond acceptors (Lipinski definition) is 8. The third-order valence-electron chi connectivity index (χ3n) is 8.85. The molecule has 0 spiro atoms. The molecule has 0 radical (unpaired) electrons. The van der Waals surface area contributed by atoms with Gasteiger partial charge < -0.3 is 34.9 Å². The molecule has 5 rings (SSSR count). The molecule has 12 nitrogen and oxygen atoms in total. The van der Waals surface area contributed by atoms with Crippen molar-refractivity contribution >= 4 is 34.8 Å². The Morgan fingerprint density at radius 3 is 2.76 bits per heavy atom. The molecule has 1 aromatic carbocycles. The molecule has 5 atom stereocenters. The maximum atomic E-state index is 14.7. The van der Waals surface area contributed by atoms with Crippen LogP contribution in [0, 0.1) is 11.7 Å². The molecule has 2 fully saturated rings. The second-order valence-corrected chi connectivity index (χ2v) is 12.4. The van der Waals surface area contributed by atoms with Gasteiger partial charge >= 0.3 is 18.2 Å². The van der Waals surface area contributed by atoms with Crippen LogP contribution in [0.25, 0.3) is 10.9 Å². The summed E-state index contributed by atoms with van der Waals surface area (Å²) in [5.74, 6) is -3.24. The number of alkyl halides is 3. The summed E-state index contributed by atoms with van der Waals surface area (Å²) >= 11 is 0. The molecule has 16 heteroatoms. The number of halogens is 4. The Labute approximate surface area is 279 Å². The lowest BCUT2D eigenvalue weighted by atomic mass is 10.0. The number of amides is 3. The average Bonchev–Trinajstić information content (AvgIpc) is 3.55. The van der Waals surface area contributed by atoms with Crippen LogP contribution in [0.15, 0.2) is 36.4 Å². The topological polar surface area (TPSA) is 156 Å². The molecule has 49 heavy (non-hydrogen) atoms. The Balaban J connectivity index is 1.40. The lowest BCUT2D eigenvalue weighted by Crippen LogP contribution is -2.53. The number of carboxylic acid groups (broad SMARTS) is 1. The van der Waals surface area contributed by atoms with Gasteiger partial charge in [-0.15, -0.1) is 0 Å². The number of para-hydroxylation sites is 1. The van der Waals surface area contributed by atoms with Gasteiger partial charge in [-0.3, -0.25) is 9.59 Å². The number of benzene rings is 1. The average molecular weight is 695 g/mol. The standard InChI is InChI=1S/C33H38F4N4O8/c1-2-47-26-16-25(22-10-7-11-23(34)28(22)39-26)49-21-15-24-29(43)40-32(30(44)45)17-19(32)8-5-3-4-6-9-20(14-27(42)41(24)18-21)38-31(46)48-13-12-33(35,36)37/h5,7-8,10-11,16,19-21,24H,2-4,6,9,12-15,17-18H2,1H3,(H,38,46)(H,40,43)(H,44,45)/b8-5-/t19-,20+,21-,24+,32-/m1/s1. The van der Waals surface area contributed by atoms with Crippen molar-refractivity contribution in [2.45, 2.75) is 88.2 Å². The van der Waals surface area contributed by atoms with E-state index in [4.69, 9.17) is 14.2 Å². The quantitative estimate of drug-likeness (QED) is 0.265. The van der Waals surface area contributed by atoms with Crippen LogP contribution in [0.3, 0.4) is 0 Å². The molecular formula is C33H38F4N4O8. The summed E-state index contributed by atoms with van der Waals surface area (Å²) in [7, 11) is 0. The largest absolute Gasteiger partial charge is 0.488 e. The van der Waals surface area contributed by atoms with Gasteiger partial charge in [0, 0.05) is 36.3 Å². The van der Waals surface area contributed by atoms with E-state index in [-0.39, 0.29) is 56.0 Å². The molecule has 3 heterocycles. The Morgan fingerprint density at radius 2 is 2.02 bits per heavy atom. The van der Waals surface area contributed by atoms with Gasteiger partial charge in [0.05, 0.1) is 19.6 Å². The van der Waals surface area contributed by atoms with Gasteiger partial charge in [-0.25, -0.2) is 19.0 Å². The van der Waals surface area contributed by atoms with Gasteiger partial charge in [-0.05, 0) is 44.7 Å². The van der Waals surface area contributed by atoms with E-state index < -0.39 is 78.5 Å². The summed E-state index contributed by atoms with van der Waals surface area (Å²) in [5.41, 5.74) is -1.53. The van der Waals surface area contributed by atoms with Crippen LogP contribution in [-0.2, 0) is 19.1 Å². The van der Waals surface area contributed by atoms with E-state index in [2.05, 4.69) is 15.6 Å². The first kappa shape index (κ1) is 35.7. The third-order valence-corrected chi connectivity index (χ3v) is 8.85. The maximum Gasteiger partial charge on any atom is 0.407 e. The number of nitrogens with one attached hydrogen (secondary N) is 2. The molecule has 1 aliphatic carbocycles. The first-order valence-electron chi connectivity index (χ1n) is 16.2. The number of carbonyl (C=O) groups excluding carboxylic acids is 3. The number of allylic oxidation sites excluding steroid dienone is 1. The number of nitrogens with zero attached hydrogens (tertiary/aromatic N) is 2. The number of alkyl carbamates (subject to hydrolysis) is 1. The number of fused-ring (bicyclic) bond motifs is 3. The number of hydrogen-bond donors (Lipinski definition) is 3. The Hall–Kier alpha value is -4.63. The van der Waals surface area contributed by atoms with Crippen LogP contribution < -0.4 is 20.1 Å².